The van der Waals surface area contributed by atoms with Gasteiger partial charge in [0.15, 0.2) is 15.5 Å². The number of sulfone groups is 1. The van der Waals surface area contributed by atoms with Gasteiger partial charge in [0.25, 0.3) is 0 Å². The van der Waals surface area contributed by atoms with Crippen LogP contribution in [0.4, 0.5) is 13.2 Å². The normalized spacial score (nSPS) is 16.1. The van der Waals surface area contributed by atoms with Crippen molar-refractivity contribution >= 4 is 27.1 Å². The van der Waals surface area contributed by atoms with E-state index in [-0.39, 0.29) is 5.01 Å². The second-order valence-electron chi connectivity index (χ2n) is 4.39. The smallest absolute Gasteiger partial charge is 0.342 e. The van der Waals surface area contributed by atoms with Crippen molar-refractivity contribution in [2.24, 2.45) is 0 Å². The molecule has 0 spiro atoms. The largest absolute Gasteiger partial charge is 0.434 e. The maximum Gasteiger partial charge on any atom is 0.434 e. The van der Waals surface area contributed by atoms with Crippen molar-refractivity contribution in [1.29, 1.82) is 0 Å². The van der Waals surface area contributed by atoms with Gasteiger partial charge in [-0.2, -0.15) is 13.2 Å². The van der Waals surface area contributed by atoms with E-state index in [1.54, 1.807) is 0 Å². The summed E-state index contributed by atoms with van der Waals surface area (Å²) >= 11 is 0.623. The molecule has 5 nitrogen and oxygen atoms in total. The maximum absolute atomic E-state index is 12.3. The standard InChI is InChI=1S/C10H11F3N2O3S2/c11-10(12,13)7-4-19-8(14-7)5-20(17,18)6-9(16)15-2-1-3-15/h4H,1-3,5-6H2. The summed E-state index contributed by atoms with van der Waals surface area (Å²) < 4.78 is 60.5. The van der Waals surface area contributed by atoms with Gasteiger partial charge in [0, 0.05) is 18.5 Å². The number of carbonyl (C=O) groups is 1. The van der Waals surface area contributed by atoms with Crippen LogP contribution in [0.2, 0.25) is 0 Å². The zero-order valence-electron chi connectivity index (χ0n) is 10.2. The predicted octanol–water partition coefficient (Wildman–Crippen LogP) is 1.31. The van der Waals surface area contributed by atoms with Gasteiger partial charge >= 0.3 is 6.18 Å². The van der Waals surface area contributed by atoms with Crippen molar-refractivity contribution in [3.8, 4) is 0 Å². The quantitative estimate of drug-likeness (QED) is 0.836. The summed E-state index contributed by atoms with van der Waals surface area (Å²) in [6, 6.07) is 0. The van der Waals surface area contributed by atoms with E-state index in [1.165, 1.54) is 4.90 Å². The molecule has 1 aromatic rings. The summed E-state index contributed by atoms with van der Waals surface area (Å²) in [5.74, 6) is -1.84. The van der Waals surface area contributed by atoms with E-state index in [4.69, 9.17) is 0 Å². The molecular weight excluding hydrogens is 317 g/mol. The average Bonchev–Trinajstić information content (AvgIpc) is 2.59. The number of hydrogen-bond acceptors (Lipinski definition) is 5. The van der Waals surface area contributed by atoms with E-state index in [0.717, 1.165) is 11.8 Å². The van der Waals surface area contributed by atoms with E-state index in [1.807, 2.05) is 0 Å². The van der Waals surface area contributed by atoms with Gasteiger partial charge in [-0.25, -0.2) is 13.4 Å². The van der Waals surface area contributed by atoms with E-state index in [9.17, 15) is 26.4 Å². The maximum atomic E-state index is 12.3. The van der Waals surface area contributed by atoms with E-state index < -0.39 is 39.1 Å². The number of likely N-dealkylation sites (tertiary alicyclic amines) is 1. The van der Waals surface area contributed by atoms with Crippen molar-refractivity contribution in [2.45, 2.75) is 18.3 Å². The Balaban J connectivity index is 2.00. The number of halogens is 3. The topological polar surface area (TPSA) is 67.3 Å². The van der Waals surface area contributed by atoms with Crippen molar-refractivity contribution in [3.63, 3.8) is 0 Å². The highest BCUT2D eigenvalue weighted by molar-refractivity contribution is 7.91. The highest BCUT2D eigenvalue weighted by atomic mass is 32.2. The molecule has 0 unspecified atom stereocenters. The van der Waals surface area contributed by atoms with Gasteiger partial charge in [-0.3, -0.25) is 4.79 Å². The number of aromatic nitrogens is 1. The molecular formula is C10H11F3N2O3S2. The average molecular weight is 328 g/mol. The minimum absolute atomic E-state index is 0.159. The van der Waals surface area contributed by atoms with Crippen molar-refractivity contribution < 1.29 is 26.4 Å². The molecule has 0 aliphatic carbocycles. The SMILES string of the molecule is O=C(CS(=O)(=O)Cc1nc(C(F)(F)F)cs1)N1CCC1. The van der Waals surface area contributed by atoms with Crippen LogP contribution in [0.1, 0.15) is 17.1 Å². The molecule has 0 aromatic carbocycles. The first-order valence-electron chi connectivity index (χ1n) is 5.67. The fraction of sp³-hybridized carbons (Fsp3) is 0.600. The Labute approximate surface area is 117 Å². The Morgan fingerprint density at radius 1 is 1.40 bits per heavy atom. The van der Waals surface area contributed by atoms with Crippen molar-refractivity contribution in [2.75, 3.05) is 18.8 Å². The second kappa shape index (κ2) is 5.32. The molecule has 112 valence electrons. The van der Waals surface area contributed by atoms with Crippen LogP contribution >= 0.6 is 11.3 Å². The number of amides is 1. The summed E-state index contributed by atoms with van der Waals surface area (Å²) in [5.41, 5.74) is -1.11. The molecule has 2 rings (SSSR count). The third kappa shape index (κ3) is 3.69. The minimum atomic E-state index is -4.59. The van der Waals surface area contributed by atoms with E-state index in [0.29, 0.717) is 24.4 Å². The fourth-order valence-corrected chi connectivity index (χ4v) is 4.09. The summed E-state index contributed by atoms with van der Waals surface area (Å²) in [6.07, 6.45) is -3.75. The molecule has 0 radical (unpaired) electrons. The summed E-state index contributed by atoms with van der Waals surface area (Å²) in [5, 5.41) is 0.607. The first kappa shape index (κ1) is 15.2. The van der Waals surface area contributed by atoms with E-state index >= 15 is 0 Å². The fourth-order valence-electron chi connectivity index (χ4n) is 1.59. The summed E-state index contributed by atoms with van der Waals surface area (Å²) in [7, 11) is -3.80. The molecule has 2 heterocycles. The summed E-state index contributed by atoms with van der Waals surface area (Å²) in [6.45, 7) is 1.06. The number of rotatable bonds is 4. The van der Waals surface area contributed by atoms with Crippen molar-refractivity contribution in [1.82, 2.24) is 9.88 Å². The monoisotopic (exact) mass is 328 g/mol. The van der Waals surface area contributed by atoms with Crippen LogP contribution in [0, 0.1) is 0 Å². The number of nitrogens with zero attached hydrogens (tertiary/aromatic N) is 2. The Hall–Kier alpha value is -1.16. The lowest BCUT2D eigenvalue weighted by atomic mass is 10.2. The Morgan fingerprint density at radius 3 is 2.50 bits per heavy atom. The minimum Gasteiger partial charge on any atom is -0.342 e. The van der Waals surface area contributed by atoms with Crippen LogP contribution in [0.15, 0.2) is 5.38 Å². The lowest BCUT2D eigenvalue weighted by Crippen LogP contribution is -2.44. The lowest BCUT2D eigenvalue weighted by Gasteiger charge is -2.30. The van der Waals surface area contributed by atoms with Crippen LogP contribution < -0.4 is 0 Å². The first-order chi connectivity index (χ1) is 9.17. The van der Waals surface area contributed by atoms with Gasteiger partial charge in [0.05, 0.1) is 0 Å². The zero-order chi connectivity index (χ0) is 15.0. The van der Waals surface area contributed by atoms with Crippen LogP contribution in [0.3, 0.4) is 0 Å². The van der Waals surface area contributed by atoms with Gasteiger partial charge in [-0.05, 0) is 6.42 Å². The van der Waals surface area contributed by atoms with Crippen LogP contribution in [0.25, 0.3) is 0 Å². The molecule has 1 aromatic heterocycles. The third-order valence-corrected chi connectivity index (χ3v) is 5.17. The Kier molecular flexibility index (Phi) is 4.05. The Bertz CT molecular complexity index is 606. The summed E-state index contributed by atoms with van der Waals surface area (Å²) in [4.78, 5) is 16.2. The highest BCUT2D eigenvalue weighted by Crippen LogP contribution is 2.30. The van der Waals surface area contributed by atoms with Crippen LogP contribution in [-0.2, 0) is 26.6 Å². The molecule has 10 heteroatoms. The molecule has 1 aliphatic rings. The van der Waals surface area contributed by atoms with Gasteiger partial charge in [0.1, 0.15) is 16.5 Å². The van der Waals surface area contributed by atoms with Crippen molar-refractivity contribution in [3.05, 3.63) is 16.1 Å². The molecule has 1 amide bonds. The van der Waals surface area contributed by atoms with Gasteiger partial charge in [-0.15, -0.1) is 11.3 Å². The van der Waals surface area contributed by atoms with Gasteiger partial charge in [0.2, 0.25) is 5.91 Å². The molecule has 1 saturated heterocycles. The molecule has 1 aliphatic heterocycles. The first-order valence-corrected chi connectivity index (χ1v) is 8.37. The highest BCUT2D eigenvalue weighted by Gasteiger charge is 2.34. The predicted molar refractivity (Wildman–Crippen MR) is 65.8 cm³/mol. The van der Waals surface area contributed by atoms with E-state index in [2.05, 4.69) is 4.98 Å². The van der Waals surface area contributed by atoms with Crippen LogP contribution in [-0.4, -0.2) is 43.1 Å². The third-order valence-electron chi connectivity index (χ3n) is 2.74. The molecule has 1 fully saturated rings. The number of thiazole rings is 1. The molecule has 0 N–H and O–H groups in total. The van der Waals surface area contributed by atoms with Gasteiger partial charge < -0.3 is 4.90 Å². The zero-order valence-corrected chi connectivity index (χ0v) is 11.8. The molecule has 20 heavy (non-hydrogen) atoms. The molecule has 0 atom stereocenters. The number of carbonyl (C=O) groups excluding carboxylic acids is 1. The Morgan fingerprint density at radius 2 is 2.05 bits per heavy atom. The molecule has 0 saturated carbocycles. The van der Waals surface area contributed by atoms with Crippen LogP contribution in [0.5, 0.6) is 0 Å². The van der Waals surface area contributed by atoms with Gasteiger partial charge in [-0.1, -0.05) is 0 Å². The lowest BCUT2D eigenvalue weighted by molar-refractivity contribution is -0.140. The second-order valence-corrected chi connectivity index (χ2v) is 7.40. The molecule has 0 bridgehead atoms. The number of hydrogen-bond donors (Lipinski definition) is 0. The number of alkyl halides is 3.